The van der Waals surface area contributed by atoms with Crippen LogP contribution in [-0.4, -0.2) is 39.8 Å². The molecule has 1 N–H and O–H groups in total. The highest BCUT2D eigenvalue weighted by molar-refractivity contribution is 7.92. The minimum atomic E-state index is -3.48. The molecule has 0 saturated heterocycles. The largest absolute Gasteiger partial charge is 0.476 e. The van der Waals surface area contributed by atoms with Gasteiger partial charge in [0.15, 0.2) is 6.10 Å². The summed E-state index contributed by atoms with van der Waals surface area (Å²) in [4.78, 5) is 12.3. The van der Waals surface area contributed by atoms with Crippen molar-refractivity contribution < 1.29 is 17.9 Å². The SMILES string of the molecule is Cc1ccc2c(c1)N(S(C)(=O)=O)CC(C(=O)NCCC(C)C)O2. The maximum absolute atomic E-state index is 12.3. The number of sulfonamides is 1. The van der Waals surface area contributed by atoms with Gasteiger partial charge in [-0.25, -0.2) is 8.42 Å². The molecule has 0 spiro atoms. The maximum Gasteiger partial charge on any atom is 0.263 e. The van der Waals surface area contributed by atoms with Gasteiger partial charge in [-0.05, 0) is 37.0 Å². The van der Waals surface area contributed by atoms with E-state index in [1.54, 1.807) is 12.1 Å². The summed E-state index contributed by atoms with van der Waals surface area (Å²) in [5.41, 5.74) is 1.42. The molecule has 0 saturated carbocycles. The number of anilines is 1. The average Bonchev–Trinajstić information content (AvgIpc) is 2.44. The number of carbonyl (C=O) groups excluding carboxylic acids is 1. The molecule has 0 fully saturated rings. The molecule has 1 amide bonds. The summed E-state index contributed by atoms with van der Waals surface area (Å²) in [6.45, 7) is 6.57. The third-order valence-electron chi connectivity index (χ3n) is 3.70. The van der Waals surface area contributed by atoms with Gasteiger partial charge in [-0.15, -0.1) is 0 Å². The molecule has 1 aliphatic heterocycles. The van der Waals surface area contributed by atoms with E-state index in [9.17, 15) is 13.2 Å². The molecule has 0 aromatic heterocycles. The zero-order chi connectivity index (χ0) is 17.2. The van der Waals surface area contributed by atoms with E-state index in [1.807, 2.05) is 13.0 Å². The quantitative estimate of drug-likeness (QED) is 0.885. The van der Waals surface area contributed by atoms with Gasteiger partial charge >= 0.3 is 0 Å². The van der Waals surface area contributed by atoms with E-state index in [4.69, 9.17) is 4.74 Å². The summed E-state index contributed by atoms with van der Waals surface area (Å²) in [6, 6.07) is 5.29. The highest BCUT2D eigenvalue weighted by Crippen LogP contribution is 2.35. The van der Waals surface area contributed by atoms with Crippen molar-refractivity contribution >= 4 is 21.6 Å². The van der Waals surface area contributed by atoms with E-state index in [0.717, 1.165) is 18.2 Å². The number of amides is 1. The van der Waals surface area contributed by atoms with Crippen molar-refractivity contribution in [3.05, 3.63) is 23.8 Å². The number of nitrogens with zero attached hydrogens (tertiary/aromatic N) is 1. The second kappa shape index (κ2) is 6.78. The fourth-order valence-electron chi connectivity index (χ4n) is 2.41. The van der Waals surface area contributed by atoms with E-state index < -0.39 is 16.1 Å². The molecule has 1 aliphatic rings. The van der Waals surface area contributed by atoms with Gasteiger partial charge < -0.3 is 10.1 Å². The van der Waals surface area contributed by atoms with Gasteiger partial charge in [-0.3, -0.25) is 9.10 Å². The Morgan fingerprint density at radius 1 is 1.43 bits per heavy atom. The lowest BCUT2D eigenvalue weighted by Gasteiger charge is -2.34. The molecular formula is C16H24N2O4S. The summed E-state index contributed by atoms with van der Waals surface area (Å²) < 4.78 is 31.1. The van der Waals surface area contributed by atoms with Crippen LogP contribution in [0.5, 0.6) is 5.75 Å². The van der Waals surface area contributed by atoms with Crippen molar-refractivity contribution in [2.45, 2.75) is 33.3 Å². The molecule has 0 radical (unpaired) electrons. The number of hydrogen-bond donors (Lipinski definition) is 1. The van der Waals surface area contributed by atoms with Crippen molar-refractivity contribution in [2.24, 2.45) is 5.92 Å². The van der Waals surface area contributed by atoms with Crippen LogP contribution in [0.2, 0.25) is 0 Å². The standard InChI is InChI=1S/C16H24N2O4S/c1-11(2)7-8-17-16(19)15-10-18(23(4,20)21)13-9-12(3)5-6-14(13)22-15/h5-6,9,11,15H,7-8,10H2,1-4H3,(H,17,19). The minimum Gasteiger partial charge on any atom is -0.476 e. The lowest BCUT2D eigenvalue weighted by molar-refractivity contribution is -0.127. The van der Waals surface area contributed by atoms with Gasteiger partial charge in [-0.2, -0.15) is 0 Å². The van der Waals surface area contributed by atoms with Gasteiger partial charge in [0, 0.05) is 6.54 Å². The summed E-state index contributed by atoms with van der Waals surface area (Å²) >= 11 is 0. The lowest BCUT2D eigenvalue weighted by Crippen LogP contribution is -2.50. The highest BCUT2D eigenvalue weighted by Gasteiger charge is 2.34. The van der Waals surface area contributed by atoms with E-state index in [1.165, 1.54) is 4.31 Å². The number of aryl methyl sites for hydroxylation is 1. The molecule has 128 valence electrons. The zero-order valence-electron chi connectivity index (χ0n) is 14.0. The predicted molar refractivity (Wildman–Crippen MR) is 90.2 cm³/mol. The molecule has 1 heterocycles. The summed E-state index contributed by atoms with van der Waals surface area (Å²) in [7, 11) is -3.48. The van der Waals surface area contributed by atoms with Gasteiger partial charge in [0.1, 0.15) is 5.75 Å². The van der Waals surface area contributed by atoms with Crippen LogP contribution in [-0.2, 0) is 14.8 Å². The van der Waals surface area contributed by atoms with Gasteiger partial charge in [0.2, 0.25) is 10.0 Å². The minimum absolute atomic E-state index is 0.0111. The Morgan fingerprint density at radius 3 is 2.74 bits per heavy atom. The van der Waals surface area contributed by atoms with Crippen LogP contribution >= 0.6 is 0 Å². The molecule has 1 aromatic rings. The molecular weight excluding hydrogens is 316 g/mol. The fraction of sp³-hybridized carbons (Fsp3) is 0.562. The third kappa shape index (κ3) is 4.37. The second-order valence-corrected chi connectivity index (χ2v) is 8.25. The molecule has 23 heavy (non-hydrogen) atoms. The summed E-state index contributed by atoms with van der Waals surface area (Å²) in [6.07, 6.45) is 1.16. The molecule has 0 aliphatic carbocycles. The second-order valence-electron chi connectivity index (χ2n) is 6.35. The Balaban J connectivity index is 2.20. The van der Waals surface area contributed by atoms with Crippen LogP contribution in [0, 0.1) is 12.8 Å². The molecule has 0 bridgehead atoms. The Labute approximate surface area is 137 Å². The maximum atomic E-state index is 12.3. The molecule has 6 nitrogen and oxygen atoms in total. The van der Waals surface area contributed by atoms with E-state index in [2.05, 4.69) is 19.2 Å². The normalized spacial score (nSPS) is 17.6. The average molecular weight is 340 g/mol. The monoisotopic (exact) mass is 340 g/mol. The number of carbonyl (C=O) groups is 1. The van der Waals surface area contributed by atoms with Crippen molar-refractivity contribution in [2.75, 3.05) is 23.7 Å². The lowest BCUT2D eigenvalue weighted by atomic mass is 10.1. The van der Waals surface area contributed by atoms with Crippen molar-refractivity contribution in [3.63, 3.8) is 0 Å². The Bertz CT molecular complexity index is 685. The number of fused-ring (bicyclic) bond motifs is 1. The van der Waals surface area contributed by atoms with Crippen LogP contribution in [0.4, 0.5) is 5.69 Å². The molecule has 2 rings (SSSR count). The zero-order valence-corrected chi connectivity index (χ0v) is 14.8. The van der Waals surface area contributed by atoms with Crippen molar-refractivity contribution in [1.29, 1.82) is 0 Å². The Hall–Kier alpha value is -1.76. The highest BCUT2D eigenvalue weighted by atomic mass is 32.2. The first kappa shape index (κ1) is 17.6. The topological polar surface area (TPSA) is 75.7 Å². The number of hydrogen-bond acceptors (Lipinski definition) is 4. The molecule has 1 unspecified atom stereocenters. The van der Waals surface area contributed by atoms with Crippen molar-refractivity contribution in [1.82, 2.24) is 5.32 Å². The summed E-state index contributed by atoms with van der Waals surface area (Å²) in [5, 5.41) is 2.81. The number of ether oxygens (including phenoxy) is 1. The van der Waals surface area contributed by atoms with E-state index in [-0.39, 0.29) is 12.5 Å². The Kier molecular flexibility index (Phi) is 5.19. The first-order valence-electron chi connectivity index (χ1n) is 7.71. The van der Waals surface area contributed by atoms with Gasteiger partial charge in [0.25, 0.3) is 5.91 Å². The number of rotatable bonds is 5. The molecule has 1 atom stereocenters. The van der Waals surface area contributed by atoms with Gasteiger partial charge in [-0.1, -0.05) is 19.9 Å². The molecule has 7 heteroatoms. The smallest absolute Gasteiger partial charge is 0.263 e. The number of benzene rings is 1. The Morgan fingerprint density at radius 2 is 2.13 bits per heavy atom. The first-order chi connectivity index (χ1) is 10.7. The third-order valence-corrected chi connectivity index (χ3v) is 4.84. The first-order valence-corrected chi connectivity index (χ1v) is 9.56. The predicted octanol–water partition coefficient (Wildman–Crippen LogP) is 1.68. The van der Waals surface area contributed by atoms with Crippen molar-refractivity contribution in [3.8, 4) is 5.75 Å². The van der Waals surface area contributed by atoms with Crippen LogP contribution in [0.25, 0.3) is 0 Å². The molecule has 1 aromatic carbocycles. The fourth-order valence-corrected chi connectivity index (χ4v) is 3.32. The van der Waals surface area contributed by atoms with Crippen LogP contribution in [0.3, 0.4) is 0 Å². The van der Waals surface area contributed by atoms with Crippen LogP contribution in [0.15, 0.2) is 18.2 Å². The number of nitrogens with one attached hydrogen (secondary N) is 1. The van der Waals surface area contributed by atoms with Gasteiger partial charge in [0.05, 0.1) is 18.5 Å². The van der Waals surface area contributed by atoms with E-state index in [0.29, 0.717) is 23.9 Å². The van der Waals surface area contributed by atoms with Crippen LogP contribution in [0.1, 0.15) is 25.8 Å². The van der Waals surface area contributed by atoms with Crippen LogP contribution < -0.4 is 14.4 Å². The van der Waals surface area contributed by atoms with E-state index >= 15 is 0 Å². The summed E-state index contributed by atoms with van der Waals surface area (Å²) in [5.74, 6) is 0.612.